The van der Waals surface area contributed by atoms with Crippen molar-refractivity contribution in [1.29, 1.82) is 0 Å². The molecule has 0 spiro atoms. The van der Waals surface area contributed by atoms with Crippen LogP contribution in [0.25, 0.3) is 6.08 Å². The Labute approximate surface area is 185 Å². The van der Waals surface area contributed by atoms with Crippen LogP contribution in [0.15, 0.2) is 52.0 Å². The number of hydrogen-bond donors (Lipinski definition) is 1. The molecule has 3 rings (SSSR count). The van der Waals surface area contributed by atoms with Gasteiger partial charge in [0.05, 0.1) is 21.9 Å². The first-order valence-corrected chi connectivity index (χ1v) is 11.7. The molecule has 0 unspecified atom stereocenters. The zero-order valence-corrected chi connectivity index (χ0v) is 18.3. The first-order chi connectivity index (χ1) is 14.9. The molecule has 1 N–H and O–H groups in total. The van der Waals surface area contributed by atoms with Crippen molar-refractivity contribution in [3.05, 3.63) is 53.5 Å². The smallest absolute Gasteiger partial charge is 0.331 e. The molecule has 166 valence electrons. The molecule has 31 heavy (non-hydrogen) atoms. The van der Waals surface area contributed by atoms with Gasteiger partial charge in [0.2, 0.25) is 10.0 Å². The molecule has 1 aliphatic heterocycles. The number of ether oxygens (including phenoxy) is 1. The summed E-state index contributed by atoms with van der Waals surface area (Å²) >= 11 is 6.12. The molecule has 10 heteroatoms. The number of halogens is 1. The van der Waals surface area contributed by atoms with E-state index in [0.29, 0.717) is 18.8 Å². The zero-order valence-electron chi connectivity index (χ0n) is 16.8. The van der Waals surface area contributed by atoms with Crippen LogP contribution in [-0.2, 0) is 24.3 Å². The van der Waals surface area contributed by atoms with Gasteiger partial charge in [-0.25, -0.2) is 13.2 Å². The minimum Gasteiger partial charge on any atom is -0.465 e. The van der Waals surface area contributed by atoms with Crippen molar-refractivity contribution in [1.82, 2.24) is 4.31 Å². The summed E-state index contributed by atoms with van der Waals surface area (Å²) in [6.45, 7) is 0.378. The molecule has 1 aliphatic rings. The Kier molecular flexibility index (Phi) is 7.89. The Morgan fingerprint density at radius 3 is 2.58 bits per heavy atom. The predicted molar refractivity (Wildman–Crippen MR) is 116 cm³/mol. The highest BCUT2D eigenvalue weighted by atomic mass is 35.5. The summed E-state index contributed by atoms with van der Waals surface area (Å²) in [5.41, 5.74) is 0.129. The van der Waals surface area contributed by atoms with E-state index in [0.717, 1.165) is 31.8 Å². The fourth-order valence-electron chi connectivity index (χ4n) is 3.10. The number of amides is 1. The molecule has 1 fully saturated rings. The second-order valence-electron chi connectivity index (χ2n) is 6.96. The molecular formula is C21H23ClN2O6S. The second-order valence-corrected chi connectivity index (χ2v) is 9.31. The third-order valence-electron chi connectivity index (χ3n) is 4.69. The summed E-state index contributed by atoms with van der Waals surface area (Å²) in [7, 11) is -3.70. The van der Waals surface area contributed by atoms with Crippen molar-refractivity contribution in [2.24, 2.45) is 0 Å². The lowest BCUT2D eigenvalue weighted by atomic mass is 10.2. The molecule has 2 aromatic rings. The van der Waals surface area contributed by atoms with Crippen molar-refractivity contribution >= 4 is 45.3 Å². The van der Waals surface area contributed by atoms with Crippen molar-refractivity contribution < 1.29 is 27.2 Å². The maximum absolute atomic E-state index is 13.0. The molecular weight excluding hydrogens is 444 g/mol. The van der Waals surface area contributed by atoms with E-state index in [1.807, 2.05) is 0 Å². The van der Waals surface area contributed by atoms with Gasteiger partial charge in [-0.2, -0.15) is 4.31 Å². The number of nitrogens with one attached hydrogen (secondary N) is 1. The van der Waals surface area contributed by atoms with E-state index in [1.165, 1.54) is 34.8 Å². The normalized spacial score (nSPS) is 15.5. The van der Waals surface area contributed by atoms with E-state index < -0.39 is 28.5 Å². The summed E-state index contributed by atoms with van der Waals surface area (Å²) in [6.07, 6.45) is 7.64. The number of carbonyl (C=O) groups is 2. The SMILES string of the molecule is O=C(COC(=O)C=Cc1ccco1)Nc1cc(S(=O)(=O)N2CCCCCC2)ccc1Cl. The Morgan fingerprint density at radius 2 is 1.90 bits per heavy atom. The number of hydrogen-bond acceptors (Lipinski definition) is 6. The van der Waals surface area contributed by atoms with E-state index in [4.69, 9.17) is 20.8 Å². The lowest BCUT2D eigenvalue weighted by Crippen LogP contribution is -2.32. The molecule has 0 radical (unpaired) electrons. The van der Waals surface area contributed by atoms with Gasteiger partial charge in [0.15, 0.2) is 6.61 Å². The van der Waals surface area contributed by atoms with Crippen LogP contribution in [0.5, 0.6) is 0 Å². The average molecular weight is 467 g/mol. The van der Waals surface area contributed by atoms with Crippen molar-refractivity contribution in [2.75, 3.05) is 25.0 Å². The van der Waals surface area contributed by atoms with Gasteiger partial charge in [0.1, 0.15) is 5.76 Å². The fraction of sp³-hybridized carbons (Fsp3) is 0.333. The number of rotatable bonds is 7. The number of furan rings is 1. The minimum absolute atomic E-state index is 0.0486. The van der Waals surface area contributed by atoms with Crippen molar-refractivity contribution in [3.8, 4) is 0 Å². The van der Waals surface area contributed by atoms with Crippen LogP contribution in [0.4, 0.5) is 5.69 Å². The van der Waals surface area contributed by atoms with Crippen LogP contribution >= 0.6 is 11.6 Å². The van der Waals surface area contributed by atoms with E-state index in [9.17, 15) is 18.0 Å². The van der Waals surface area contributed by atoms with E-state index >= 15 is 0 Å². The van der Waals surface area contributed by atoms with Gasteiger partial charge in [-0.1, -0.05) is 24.4 Å². The quantitative estimate of drug-likeness (QED) is 0.492. The average Bonchev–Trinajstić information content (AvgIpc) is 3.11. The van der Waals surface area contributed by atoms with Crippen LogP contribution in [0.3, 0.4) is 0 Å². The van der Waals surface area contributed by atoms with E-state index in [2.05, 4.69) is 5.32 Å². The van der Waals surface area contributed by atoms with Gasteiger partial charge < -0.3 is 14.5 Å². The maximum atomic E-state index is 13.0. The van der Waals surface area contributed by atoms with Crippen LogP contribution in [-0.4, -0.2) is 44.3 Å². The number of sulfonamides is 1. The molecule has 0 bridgehead atoms. The first kappa shape index (κ1) is 23.1. The largest absolute Gasteiger partial charge is 0.465 e. The predicted octanol–water partition coefficient (Wildman–Crippen LogP) is 3.69. The molecule has 0 aliphatic carbocycles. The number of benzene rings is 1. The lowest BCUT2D eigenvalue weighted by molar-refractivity contribution is -0.142. The van der Waals surface area contributed by atoms with E-state index in [1.54, 1.807) is 12.1 Å². The van der Waals surface area contributed by atoms with Crippen LogP contribution in [0.2, 0.25) is 5.02 Å². The van der Waals surface area contributed by atoms with Crippen LogP contribution in [0, 0.1) is 0 Å². The third-order valence-corrected chi connectivity index (χ3v) is 6.91. The fourth-order valence-corrected chi connectivity index (χ4v) is 4.81. The van der Waals surface area contributed by atoms with E-state index in [-0.39, 0.29) is 15.6 Å². The van der Waals surface area contributed by atoms with Gasteiger partial charge in [-0.05, 0) is 49.2 Å². The Bertz CT molecular complexity index is 1040. The van der Waals surface area contributed by atoms with Gasteiger partial charge in [-0.15, -0.1) is 0 Å². The maximum Gasteiger partial charge on any atom is 0.331 e. The monoisotopic (exact) mass is 466 g/mol. The summed E-state index contributed by atoms with van der Waals surface area (Å²) in [6, 6.07) is 7.48. The number of esters is 1. The molecule has 1 saturated heterocycles. The summed E-state index contributed by atoms with van der Waals surface area (Å²) in [5, 5.41) is 2.66. The molecule has 1 aromatic carbocycles. The summed E-state index contributed by atoms with van der Waals surface area (Å²) < 4.78 is 37.3. The molecule has 1 amide bonds. The van der Waals surface area contributed by atoms with Gasteiger partial charge in [0.25, 0.3) is 5.91 Å². The van der Waals surface area contributed by atoms with Crippen molar-refractivity contribution in [3.63, 3.8) is 0 Å². The number of nitrogens with zero attached hydrogens (tertiary/aromatic N) is 1. The lowest BCUT2D eigenvalue weighted by Gasteiger charge is -2.20. The zero-order chi connectivity index (χ0) is 22.3. The molecule has 0 saturated carbocycles. The second kappa shape index (κ2) is 10.6. The van der Waals surface area contributed by atoms with Gasteiger partial charge >= 0.3 is 5.97 Å². The number of anilines is 1. The Hall–Kier alpha value is -2.62. The molecule has 1 aromatic heterocycles. The first-order valence-electron chi connectivity index (χ1n) is 9.84. The molecule has 2 heterocycles. The molecule has 0 atom stereocenters. The van der Waals surface area contributed by atoms with Gasteiger partial charge in [0, 0.05) is 19.2 Å². The third kappa shape index (κ3) is 6.43. The number of carbonyl (C=O) groups excluding carboxylic acids is 2. The van der Waals surface area contributed by atoms with Crippen molar-refractivity contribution in [2.45, 2.75) is 30.6 Å². The Morgan fingerprint density at radius 1 is 1.16 bits per heavy atom. The minimum atomic E-state index is -3.70. The molecule has 8 nitrogen and oxygen atoms in total. The standard InChI is InChI=1S/C21H23ClN2O6S/c22-18-9-8-17(31(27,28)24-11-3-1-2-4-12-24)14-19(18)23-20(25)15-30-21(26)10-7-16-6-5-13-29-16/h5-10,13-14H,1-4,11-12,15H2,(H,23,25). The highest BCUT2D eigenvalue weighted by Gasteiger charge is 2.26. The van der Waals surface area contributed by atoms with Gasteiger partial charge in [-0.3, -0.25) is 4.79 Å². The topological polar surface area (TPSA) is 106 Å². The van der Waals surface area contributed by atoms with Crippen LogP contribution < -0.4 is 5.32 Å². The summed E-state index contributed by atoms with van der Waals surface area (Å²) in [5.74, 6) is -0.906. The van der Waals surface area contributed by atoms with Crippen LogP contribution in [0.1, 0.15) is 31.4 Å². The highest BCUT2D eigenvalue weighted by molar-refractivity contribution is 7.89. The Balaban J connectivity index is 1.62. The highest BCUT2D eigenvalue weighted by Crippen LogP contribution is 2.28. The summed E-state index contributed by atoms with van der Waals surface area (Å²) in [4.78, 5) is 23.9.